The summed E-state index contributed by atoms with van der Waals surface area (Å²) in [7, 11) is 0. The molecule has 0 saturated carbocycles. The van der Waals surface area contributed by atoms with Crippen LogP contribution in [0.4, 0.5) is 4.39 Å². The standard InChI is InChI=1S/C16H21FN2O2/c17-15-9-11(16(20)18-21)7-8-12(15)10-19-13-3-1-4-14(19)6-2-5-13/h7-9,13-14,21H,1-6,10H2,(H,18,20). The first-order valence-electron chi connectivity index (χ1n) is 7.67. The van der Waals surface area contributed by atoms with E-state index in [0.717, 1.165) is 0 Å². The second kappa shape index (κ2) is 6.12. The molecule has 4 nitrogen and oxygen atoms in total. The van der Waals surface area contributed by atoms with Gasteiger partial charge in [-0.1, -0.05) is 18.9 Å². The Labute approximate surface area is 123 Å². The van der Waals surface area contributed by atoms with Crippen molar-refractivity contribution in [3.8, 4) is 0 Å². The molecule has 2 aliphatic rings. The fraction of sp³-hybridized carbons (Fsp3) is 0.562. The zero-order valence-electron chi connectivity index (χ0n) is 12.0. The predicted molar refractivity (Wildman–Crippen MR) is 76.5 cm³/mol. The number of rotatable bonds is 3. The number of hydrogen-bond donors (Lipinski definition) is 2. The van der Waals surface area contributed by atoms with Gasteiger partial charge in [0.1, 0.15) is 5.82 Å². The maximum atomic E-state index is 14.2. The van der Waals surface area contributed by atoms with Crippen LogP contribution in [0.2, 0.25) is 0 Å². The van der Waals surface area contributed by atoms with Crippen LogP contribution in [0.1, 0.15) is 54.4 Å². The first-order chi connectivity index (χ1) is 10.2. The summed E-state index contributed by atoms with van der Waals surface area (Å²) < 4.78 is 14.2. The molecule has 2 N–H and O–H groups in total. The molecule has 0 atom stereocenters. The third kappa shape index (κ3) is 2.94. The SMILES string of the molecule is O=C(NO)c1ccc(CN2C3CCCC2CCC3)c(F)c1. The van der Waals surface area contributed by atoms with E-state index in [0.29, 0.717) is 24.2 Å². The molecule has 0 aliphatic carbocycles. The average Bonchev–Trinajstić information content (AvgIpc) is 2.48. The number of carbonyl (C=O) groups is 1. The summed E-state index contributed by atoms with van der Waals surface area (Å²) in [6.45, 7) is 0.613. The van der Waals surface area contributed by atoms with Gasteiger partial charge in [-0.3, -0.25) is 14.9 Å². The number of piperidine rings is 2. The Morgan fingerprint density at radius 1 is 1.24 bits per heavy atom. The molecule has 0 unspecified atom stereocenters. The third-order valence-corrected chi connectivity index (χ3v) is 4.86. The molecule has 1 aromatic carbocycles. The van der Waals surface area contributed by atoms with E-state index >= 15 is 0 Å². The number of hydrogen-bond acceptors (Lipinski definition) is 3. The molecular weight excluding hydrogens is 271 g/mol. The number of fused-ring (bicyclic) bond motifs is 2. The molecule has 3 rings (SSSR count). The van der Waals surface area contributed by atoms with Gasteiger partial charge < -0.3 is 0 Å². The monoisotopic (exact) mass is 292 g/mol. The Morgan fingerprint density at radius 3 is 2.38 bits per heavy atom. The summed E-state index contributed by atoms with van der Waals surface area (Å²) in [4.78, 5) is 13.7. The van der Waals surface area contributed by atoms with E-state index in [2.05, 4.69) is 4.90 Å². The van der Waals surface area contributed by atoms with Crippen LogP contribution < -0.4 is 5.48 Å². The smallest absolute Gasteiger partial charge is 0.274 e. The lowest BCUT2D eigenvalue weighted by molar-refractivity contribution is 0.0323. The molecule has 0 radical (unpaired) electrons. The maximum absolute atomic E-state index is 14.2. The van der Waals surface area contributed by atoms with Crippen molar-refractivity contribution >= 4 is 5.91 Å². The number of amides is 1. The first-order valence-corrected chi connectivity index (χ1v) is 7.67. The second-order valence-corrected chi connectivity index (χ2v) is 6.09. The molecule has 2 saturated heterocycles. The number of hydroxylamine groups is 1. The van der Waals surface area contributed by atoms with Crippen LogP contribution >= 0.6 is 0 Å². The molecule has 0 aromatic heterocycles. The van der Waals surface area contributed by atoms with Crippen molar-refractivity contribution in [2.75, 3.05) is 0 Å². The van der Waals surface area contributed by atoms with Gasteiger partial charge in [0.05, 0.1) is 0 Å². The van der Waals surface area contributed by atoms with E-state index in [1.165, 1.54) is 50.1 Å². The summed E-state index contributed by atoms with van der Waals surface area (Å²) in [5, 5.41) is 8.59. The zero-order valence-corrected chi connectivity index (χ0v) is 12.0. The highest BCUT2D eigenvalue weighted by Gasteiger charge is 2.33. The van der Waals surface area contributed by atoms with Crippen molar-refractivity contribution < 1.29 is 14.4 Å². The minimum atomic E-state index is -0.685. The molecule has 5 heteroatoms. The van der Waals surface area contributed by atoms with Gasteiger partial charge >= 0.3 is 0 Å². The largest absolute Gasteiger partial charge is 0.293 e. The first kappa shape index (κ1) is 14.5. The van der Waals surface area contributed by atoms with Gasteiger partial charge in [0, 0.05) is 29.8 Å². The van der Waals surface area contributed by atoms with E-state index < -0.39 is 5.91 Å². The van der Waals surface area contributed by atoms with Gasteiger partial charge in [0.25, 0.3) is 5.91 Å². The zero-order chi connectivity index (χ0) is 14.8. The summed E-state index contributed by atoms with van der Waals surface area (Å²) in [6, 6.07) is 5.57. The molecule has 114 valence electrons. The van der Waals surface area contributed by atoms with Crippen molar-refractivity contribution in [1.29, 1.82) is 0 Å². The normalized spacial score (nSPS) is 25.6. The summed E-state index contributed by atoms with van der Waals surface area (Å²) in [6.07, 6.45) is 7.41. The van der Waals surface area contributed by atoms with E-state index in [4.69, 9.17) is 5.21 Å². The van der Waals surface area contributed by atoms with E-state index in [1.807, 2.05) is 0 Å². The molecule has 1 aromatic rings. The summed E-state index contributed by atoms with van der Waals surface area (Å²) in [5.74, 6) is -1.06. The van der Waals surface area contributed by atoms with Gasteiger partial charge in [0.15, 0.2) is 0 Å². The molecule has 21 heavy (non-hydrogen) atoms. The topological polar surface area (TPSA) is 52.6 Å². The lowest BCUT2D eigenvalue weighted by Crippen LogP contribution is -2.49. The second-order valence-electron chi connectivity index (χ2n) is 6.09. The minimum Gasteiger partial charge on any atom is -0.293 e. The molecule has 1 amide bonds. The minimum absolute atomic E-state index is 0.137. The lowest BCUT2D eigenvalue weighted by atomic mass is 9.84. The fourth-order valence-electron chi connectivity index (χ4n) is 3.76. The van der Waals surface area contributed by atoms with E-state index in [-0.39, 0.29) is 11.4 Å². The van der Waals surface area contributed by atoms with Crippen LogP contribution in [0.15, 0.2) is 18.2 Å². The van der Waals surface area contributed by atoms with Crippen molar-refractivity contribution in [2.45, 2.75) is 57.2 Å². The van der Waals surface area contributed by atoms with Gasteiger partial charge in [-0.05, 0) is 37.8 Å². The number of benzene rings is 1. The highest BCUT2D eigenvalue weighted by Crippen LogP contribution is 2.35. The van der Waals surface area contributed by atoms with Crippen LogP contribution in [0.25, 0.3) is 0 Å². The number of halogens is 1. The number of nitrogens with zero attached hydrogens (tertiary/aromatic N) is 1. The molecule has 0 spiro atoms. The van der Waals surface area contributed by atoms with Crippen LogP contribution in [0.5, 0.6) is 0 Å². The maximum Gasteiger partial charge on any atom is 0.274 e. The van der Waals surface area contributed by atoms with Crippen molar-refractivity contribution in [3.05, 3.63) is 35.1 Å². The van der Waals surface area contributed by atoms with Crippen LogP contribution in [0.3, 0.4) is 0 Å². The number of carbonyl (C=O) groups excluding carboxylic acids is 1. The lowest BCUT2D eigenvalue weighted by Gasteiger charge is -2.46. The van der Waals surface area contributed by atoms with Crippen LogP contribution in [-0.2, 0) is 6.54 Å². The Hall–Kier alpha value is -1.46. The Bertz CT molecular complexity index is 513. The van der Waals surface area contributed by atoms with Gasteiger partial charge in [-0.15, -0.1) is 0 Å². The molecular formula is C16H21FN2O2. The molecule has 2 fully saturated rings. The Kier molecular flexibility index (Phi) is 4.22. The summed E-state index contributed by atoms with van der Waals surface area (Å²) >= 11 is 0. The molecule has 2 bridgehead atoms. The van der Waals surface area contributed by atoms with E-state index in [1.54, 1.807) is 12.1 Å². The van der Waals surface area contributed by atoms with Crippen LogP contribution in [-0.4, -0.2) is 28.1 Å². The van der Waals surface area contributed by atoms with Crippen molar-refractivity contribution in [2.24, 2.45) is 0 Å². The Balaban J connectivity index is 1.77. The number of nitrogens with one attached hydrogen (secondary N) is 1. The van der Waals surface area contributed by atoms with Gasteiger partial charge in [0.2, 0.25) is 0 Å². The van der Waals surface area contributed by atoms with Gasteiger partial charge in [-0.25, -0.2) is 9.87 Å². The molecule has 2 aliphatic heterocycles. The van der Waals surface area contributed by atoms with Crippen molar-refractivity contribution in [1.82, 2.24) is 10.4 Å². The third-order valence-electron chi connectivity index (χ3n) is 4.86. The van der Waals surface area contributed by atoms with Gasteiger partial charge in [-0.2, -0.15) is 0 Å². The highest BCUT2D eigenvalue weighted by atomic mass is 19.1. The predicted octanol–water partition coefficient (Wildman–Crippen LogP) is 2.85. The Morgan fingerprint density at radius 2 is 1.86 bits per heavy atom. The molecule has 2 heterocycles. The highest BCUT2D eigenvalue weighted by molar-refractivity contribution is 5.93. The van der Waals surface area contributed by atoms with Crippen LogP contribution in [0, 0.1) is 5.82 Å². The summed E-state index contributed by atoms with van der Waals surface area (Å²) in [5.41, 5.74) is 2.29. The quantitative estimate of drug-likeness (QED) is 0.665. The fourth-order valence-corrected chi connectivity index (χ4v) is 3.76. The van der Waals surface area contributed by atoms with Crippen molar-refractivity contribution in [3.63, 3.8) is 0 Å². The van der Waals surface area contributed by atoms with E-state index in [9.17, 15) is 9.18 Å². The average molecular weight is 292 g/mol.